The summed E-state index contributed by atoms with van der Waals surface area (Å²) < 4.78 is 23.9. The number of aromatic nitrogens is 3. The van der Waals surface area contributed by atoms with E-state index in [1.165, 1.54) is 4.57 Å². The SMILES string of the molecule is Cc1cc(C)cc(-c2nnc(S(=O)(=O)Cl)n2C)c1. The van der Waals surface area contributed by atoms with Crippen LogP contribution in [-0.2, 0) is 16.1 Å². The molecule has 0 fully saturated rings. The fourth-order valence-electron chi connectivity index (χ4n) is 1.88. The van der Waals surface area contributed by atoms with Gasteiger partial charge < -0.3 is 0 Å². The van der Waals surface area contributed by atoms with E-state index < -0.39 is 9.05 Å². The van der Waals surface area contributed by atoms with Gasteiger partial charge in [-0.25, -0.2) is 8.42 Å². The van der Waals surface area contributed by atoms with Crippen molar-refractivity contribution in [2.24, 2.45) is 7.05 Å². The Bertz CT molecular complexity index is 687. The van der Waals surface area contributed by atoms with Crippen LogP contribution in [0.2, 0.25) is 0 Å². The average Bonchev–Trinajstić information content (AvgIpc) is 2.57. The molecule has 5 nitrogen and oxygen atoms in total. The molecule has 0 aliphatic heterocycles. The van der Waals surface area contributed by atoms with Gasteiger partial charge in [-0.3, -0.25) is 4.57 Å². The van der Waals surface area contributed by atoms with Crippen molar-refractivity contribution in [3.8, 4) is 11.4 Å². The number of nitrogens with zero attached hydrogens (tertiary/aromatic N) is 3. The molecular formula is C11H12ClN3O2S. The van der Waals surface area contributed by atoms with Crippen molar-refractivity contribution in [3.63, 3.8) is 0 Å². The van der Waals surface area contributed by atoms with Gasteiger partial charge in [0, 0.05) is 23.3 Å². The maximum absolute atomic E-state index is 11.3. The van der Waals surface area contributed by atoms with Crippen molar-refractivity contribution in [2.75, 3.05) is 0 Å². The van der Waals surface area contributed by atoms with Crippen LogP contribution in [0.1, 0.15) is 11.1 Å². The summed E-state index contributed by atoms with van der Waals surface area (Å²) in [5.74, 6) is 0.473. The Balaban J connectivity index is 2.63. The van der Waals surface area contributed by atoms with E-state index in [2.05, 4.69) is 10.2 Å². The quantitative estimate of drug-likeness (QED) is 0.792. The van der Waals surface area contributed by atoms with Gasteiger partial charge in [0.15, 0.2) is 5.82 Å². The third-order valence-corrected chi connectivity index (χ3v) is 3.74. The molecule has 0 aliphatic carbocycles. The van der Waals surface area contributed by atoms with Crippen molar-refractivity contribution in [2.45, 2.75) is 19.0 Å². The molecule has 0 saturated carbocycles. The highest BCUT2D eigenvalue weighted by Gasteiger charge is 2.21. The van der Waals surface area contributed by atoms with Gasteiger partial charge in [-0.2, -0.15) is 0 Å². The Labute approximate surface area is 110 Å². The summed E-state index contributed by atoms with van der Waals surface area (Å²) in [7, 11) is 2.97. The summed E-state index contributed by atoms with van der Waals surface area (Å²) in [6, 6.07) is 5.86. The first kappa shape index (κ1) is 13.0. The Kier molecular flexibility index (Phi) is 3.16. The molecule has 18 heavy (non-hydrogen) atoms. The fraction of sp³-hybridized carbons (Fsp3) is 0.273. The highest BCUT2D eigenvalue weighted by Crippen LogP contribution is 2.23. The monoisotopic (exact) mass is 285 g/mol. The van der Waals surface area contributed by atoms with Crippen LogP contribution in [0, 0.1) is 13.8 Å². The maximum atomic E-state index is 11.3. The molecule has 2 rings (SSSR count). The topological polar surface area (TPSA) is 64.8 Å². The zero-order chi connectivity index (χ0) is 13.5. The lowest BCUT2D eigenvalue weighted by atomic mass is 10.1. The van der Waals surface area contributed by atoms with Gasteiger partial charge in [0.2, 0.25) is 0 Å². The van der Waals surface area contributed by atoms with Crippen LogP contribution in [0.3, 0.4) is 0 Å². The average molecular weight is 286 g/mol. The fourth-order valence-corrected chi connectivity index (χ4v) is 2.84. The van der Waals surface area contributed by atoms with Crippen LogP contribution in [0.15, 0.2) is 23.4 Å². The molecule has 0 N–H and O–H groups in total. The van der Waals surface area contributed by atoms with E-state index >= 15 is 0 Å². The smallest absolute Gasteiger partial charge is 0.296 e. The molecule has 1 aromatic carbocycles. The first-order valence-corrected chi connectivity index (χ1v) is 7.52. The summed E-state index contributed by atoms with van der Waals surface area (Å²) in [6.07, 6.45) is 0. The second-order valence-electron chi connectivity index (χ2n) is 4.18. The number of aryl methyl sites for hydroxylation is 2. The molecule has 0 saturated heterocycles. The molecule has 0 radical (unpaired) electrons. The summed E-state index contributed by atoms with van der Waals surface area (Å²) in [5, 5.41) is 7.25. The van der Waals surface area contributed by atoms with Crippen LogP contribution in [-0.4, -0.2) is 23.2 Å². The van der Waals surface area contributed by atoms with E-state index in [0.717, 1.165) is 16.7 Å². The van der Waals surface area contributed by atoms with Gasteiger partial charge in [-0.1, -0.05) is 17.2 Å². The van der Waals surface area contributed by atoms with E-state index in [0.29, 0.717) is 5.82 Å². The molecule has 0 spiro atoms. The van der Waals surface area contributed by atoms with Gasteiger partial charge in [0.05, 0.1) is 0 Å². The van der Waals surface area contributed by atoms with E-state index in [4.69, 9.17) is 10.7 Å². The van der Waals surface area contributed by atoms with E-state index in [1.807, 2.05) is 32.0 Å². The molecule has 0 aliphatic rings. The molecular weight excluding hydrogens is 274 g/mol. The number of halogens is 1. The zero-order valence-corrected chi connectivity index (χ0v) is 11.7. The first-order valence-electron chi connectivity index (χ1n) is 5.22. The maximum Gasteiger partial charge on any atom is 0.296 e. The Morgan fingerprint density at radius 1 is 1.11 bits per heavy atom. The van der Waals surface area contributed by atoms with Crippen LogP contribution >= 0.6 is 10.7 Å². The van der Waals surface area contributed by atoms with Crippen molar-refractivity contribution < 1.29 is 8.42 Å². The summed E-state index contributed by atoms with van der Waals surface area (Å²) in [6.45, 7) is 3.93. The standard InChI is InChI=1S/C11H12ClN3O2S/c1-7-4-8(2)6-9(5-7)10-13-14-11(15(10)3)18(12,16)17/h4-6H,1-3H3. The molecule has 1 aromatic heterocycles. The number of hydrogen-bond acceptors (Lipinski definition) is 4. The largest absolute Gasteiger partial charge is 0.300 e. The molecule has 96 valence electrons. The predicted molar refractivity (Wildman–Crippen MR) is 69.0 cm³/mol. The van der Waals surface area contributed by atoms with Crippen LogP contribution < -0.4 is 0 Å². The molecule has 7 heteroatoms. The summed E-state index contributed by atoms with van der Waals surface area (Å²) >= 11 is 0. The Hall–Kier alpha value is -1.40. The van der Waals surface area contributed by atoms with Gasteiger partial charge in [-0.05, 0) is 26.0 Å². The van der Waals surface area contributed by atoms with Crippen LogP contribution in [0.5, 0.6) is 0 Å². The number of rotatable bonds is 2. The van der Waals surface area contributed by atoms with Crippen molar-refractivity contribution >= 4 is 19.7 Å². The van der Waals surface area contributed by atoms with E-state index in [1.54, 1.807) is 7.05 Å². The van der Waals surface area contributed by atoms with Crippen molar-refractivity contribution in [1.82, 2.24) is 14.8 Å². The van der Waals surface area contributed by atoms with Crippen LogP contribution in [0.25, 0.3) is 11.4 Å². The van der Waals surface area contributed by atoms with E-state index in [-0.39, 0.29) is 5.16 Å². The van der Waals surface area contributed by atoms with Crippen LogP contribution in [0.4, 0.5) is 0 Å². The molecule has 1 heterocycles. The normalized spacial score (nSPS) is 11.8. The molecule has 0 bridgehead atoms. The Morgan fingerprint density at radius 2 is 1.67 bits per heavy atom. The van der Waals surface area contributed by atoms with Crippen molar-refractivity contribution in [1.29, 1.82) is 0 Å². The summed E-state index contributed by atoms with van der Waals surface area (Å²) in [4.78, 5) is 0. The third-order valence-electron chi connectivity index (χ3n) is 2.53. The third kappa shape index (κ3) is 2.39. The second kappa shape index (κ2) is 4.37. The minimum absolute atomic E-state index is 0.252. The minimum atomic E-state index is -3.88. The lowest BCUT2D eigenvalue weighted by molar-refractivity contribution is 0.593. The molecule has 0 atom stereocenters. The van der Waals surface area contributed by atoms with Gasteiger partial charge in [0.1, 0.15) is 0 Å². The lowest BCUT2D eigenvalue weighted by Crippen LogP contribution is -2.03. The summed E-state index contributed by atoms with van der Waals surface area (Å²) in [5.41, 5.74) is 2.96. The van der Waals surface area contributed by atoms with Crippen molar-refractivity contribution in [3.05, 3.63) is 29.3 Å². The van der Waals surface area contributed by atoms with Gasteiger partial charge in [0.25, 0.3) is 14.2 Å². The predicted octanol–water partition coefficient (Wildman–Crippen LogP) is 2.03. The van der Waals surface area contributed by atoms with Gasteiger partial charge >= 0.3 is 0 Å². The lowest BCUT2D eigenvalue weighted by Gasteiger charge is -2.04. The Morgan fingerprint density at radius 3 is 2.11 bits per heavy atom. The second-order valence-corrected chi connectivity index (χ2v) is 6.64. The number of hydrogen-bond donors (Lipinski definition) is 0. The zero-order valence-electron chi connectivity index (χ0n) is 10.2. The van der Waals surface area contributed by atoms with E-state index in [9.17, 15) is 8.42 Å². The van der Waals surface area contributed by atoms with Gasteiger partial charge in [-0.15, -0.1) is 10.2 Å². The highest BCUT2D eigenvalue weighted by atomic mass is 35.7. The minimum Gasteiger partial charge on any atom is -0.300 e. The molecule has 0 unspecified atom stereocenters. The highest BCUT2D eigenvalue weighted by molar-refractivity contribution is 8.13. The molecule has 0 amide bonds. The number of benzene rings is 1. The first-order chi connectivity index (χ1) is 8.29. The molecule has 2 aromatic rings.